The monoisotopic (exact) mass is 250 g/mol. The zero-order chi connectivity index (χ0) is 13.0. The van der Waals surface area contributed by atoms with Crippen LogP contribution in [0.25, 0.3) is 0 Å². The van der Waals surface area contributed by atoms with E-state index in [9.17, 15) is 9.59 Å². The van der Waals surface area contributed by atoms with Gasteiger partial charge in [-0.25, -0.2) is 4.79 Å². The number of allylic oxidation sites excluding steroid dienone is 2. The summed E-state index contributed by atoms with van der Waals surface area (Å²) in [5.74, 6) is 0.0727. The lowest BCUT2D eigenvalue weighted by atomic mass is 10.0. The fourth-order valence-corrected chi connectivity index (χ4v) is 2.30. The lowest BCUT2D eigenvalue weighted by Crippen LogP contribution is -2.42. The molecule has 1 aliphatic heterocycles. The minimum Gasteiger partial charge on any atom is -0.446 e. The number of carbonyl (C=O) groups is 2. The maximum atomic E-state index is 12.2. The molecule has 1 aliphatic carbocycles. The van der Waals surface area contributed by atoms with Crippen LogP contribution in [0.5, 0.6) is 0 Å². The maximum Gasteiger partial charge on any atom is 0.404 e. The average Bonchev–Trinajstić information content (AvgIpc) is 2.39. The van der Waals surface area contributed by atoms with Gasteiger partial charge in [0.05, 0.1) is 0 Å². The minimum atomic E-state index is -0.738. The maximum absolute atomic E-state index is 12.2. The number of nitrogens with zero attached hydrogens (tertiary/aromatic N) is 1. The van der Waals surface area contributed by atoms with Crippen molar-refractivity contribution in [1.29, 1.82) is 0 Å². The highest BCUT2D eigenvalue weighted by atomic mass is 16.6. The van der Waals surface area contributed by atoms with E-state index in [1.165, 1.54) is 0 Å². The van der Waals surface area contributed by atoms with Gasteiger partial charge in [-0.1, -0.05) is 18.2 Å². The second-order valence-corrected chi connectivity index (χ2v) is 4.57. The van der Waals surface area contributed by atoms with E-state index in [0.717, 1.165) is 18.4 Å². The number of primary amides is 1. The van der Waals surface area contributed by atoms with Crippen molar-refractivity contribution in [2.24, 2.45) is 5.73 Å². The van der Waals surface area contributed by atoms with Gasteiger partial charge in [0.25, 0.3) is 5.91 Å². The first-order chi connectivity index (χ1) is 8.66. The van der Waals surface area contributed by atoms with E-state index in [2.05, 4.69) is 0 Å². The fourth-order valence-electron chi connectivity index (χ4n) is 2.30. The number of nitrogens with two attached hydrogens (primary N) is 1. The van der Waals surface area contributed by atoms with Crippen molar-refractivity contribution in [3.63, 3.8) is 0 Å². The number of piperidine rings is 1. The van der Waals surface area contributed by atoms with Crippen molar-refractivity contribution in [2.45, 2.75) is 31.8 Å². The van der Waals surface area contributed by atoms with Crippen LogP contribution in [-0.4, -0.2) is 36.1 Å². The number of hydrogen-bond donors (Lipinski definition) is 1. The predicted molar refractivity (Wildman–Crippen MR) is 66.7 cm³/mol. The highest BCUT2D eigenvalue weighted by Crippen LogP contribution is 2.18. The molecule has 2 rings (SSSR count). The van der Waals surface area contributed by atoms with Crippen molar-refractivity contribution in [3.8, 4) is 0 Å². The van der Waals surface area contributed by atoms with Gasteiger partial charge in [-0.3, -0.25) is 4.79 Å². The highest BCUT2D eigenvalue weighted by molar-refractivity contribution is 5.96. The third-order valence-corrected chi connectivity index (χ3v) is 3.25. The zero-order valence-electron chi connectivity index (χ0n) is 10.3. The molecular formula is C13H18N2O3. The van der Waals surface area contributed by atoms with Gasteiger partial charge in [0, 0.05) is 31.5 Å². The Bertz CT molecular complexity index is 393. The lowest BCUT2D eigenvalue weighted by molar-refractivity contribution is -0.128. The molecule has 0 aromatic heterocycles. The van der Waals surface area contributed by atoms with Crippen LogP contribution in [0.2, 0.25) is 0 Å². The summed E-state index contributed by atoms with van der Waals surface area (Å²) in [7, 11) is 0. The Balaban J connectivity index is 1.86. The second-order valence-electron chi connectivity index (χ2n) is 4.57. The van der Waals surface area contributed by atoms with Gasteiger partial charge in [-0.05, 0) is 12.8 Å². The molecular weight excluding hydrogens is 232 g/mol. The molecule has 0 radical (unpaired) electrons. The van der Waals surface area contributed by atoms with Gasteiger partial charge in [0.2, 0.25) is 0 Å². The molecule has 2 aliphatic rings. The quantitative estimate of drug-likeness (QED) is 0.804. The number of rotatable bonds is 2. The molecule has 0 aromatic carbocycles. The van der Waals surface area contributed by atoms with Crippen LogP contribution in [0.4, 0.5) is 4.79 Å². The molecule has 2 amide bonds. The largest absolute Gasteiger partial charge is 0.446 e. The molecule has 1 heterocycles. The van der Waals surface area contributed by atoms with E-state index in [0.29, 0.717) is 25.9 Å². The molecule has 98 valence electrons. The van der Waals surface area contributed by atoms with Crippen LogP contribution < -0.4 is 5.73 Å². The normalized spacial score (nSPS) is 20.4. The van der Waals surface area contributed by atoms with Crippen LogP contribution in [0.3, 0.4) is 0 Å². The number of hydrogen-bond acceptors (Lipinski definition) is 3. The minimum absolute atomic E-state index is 0.0727. The third kappa shape index (κ3) is 3.12. The van der Waals surface area contributed by atoms with Crippen LogP contribution in [0.15, 0.2) is 23.8 Å². The van der Waals surface area contributed by atoms with E-state index in [1.54, 1.807) is 0 Å². The smallest absolute Gasteiger partial charge is 0.404 e. The van der Waals surface area contributed by atoms with Crippen LogP contribution in [0.1, 0.15) is 25.7 Å². The van der Waals surface area contributed by atoms with E-state index in [-0.39, 0.29) is 12.0 Å². The molecule has 2 N–H and O–H groups in total. The highest BCUT2D eigenvalue weighted by Gasteiger charge is 2.25. The standard InChI is InChI=1S/C13H18N2O3/c14-13(17)18-11-6-8-15(9-7-11)12(16)10-4-2-1-3-5-10/h2,4-5,11H,1,3,6-9H2,(H2,14,17). The molecule has 0 spiro atoms. The summed E-state index contributed by atoms with van der Waals surface area (Å²) in [4.78, 5) is 24.6. The van der Waals surface area contributed by atoms with Crippen LogP contribution in [0, 0.1) is 0 Å². The van der Waals surface area contributed by atoms with Crippen molar-refractivity contribution in [2.75, 3.05) is 13.1 Å². The van der Waals surface area contributed by atoms with Gasteiger partial charge in [0.15, 0.2) is 0 Å². The molecule has 1 fully saturated rings. The topological polar surface area (TPSA) is 72.6 Å². The summed E-state index contributed by atoms with van der Waals surface area (Å²) in [5, 5.41) is 0. The Morgan fingerprint density at radius 1 is 1.28 bits per heavy atom. The first-order valence-electron chi connectivity index (χ1n) is 6.29. The molecule has 0 atom stereocenters. The summed E-state index contributed by atoms with van der Waals surface area (Å²) in [5.41, 5.74) is 5.75. The van der Waals surface area contributed by atoms with Crippen molar-refractivity contribution < 1.29 is 14.3 Å². The molecule has 0 aromatic rings. The predicted octanol–water partition coefficient (Wildman–Crippen LogP) is 1.35. The molecule has 1 saturated heterocycles. The first-order valence-corrected chi connectivity index (χ1v) is 6.29. The molecule has 5 heteroatoms. The Kier molecular flexibility index (Phi) is 4.02. The molecule has 0 saturated carbocycles. The Labute approximate surface area is 106 Å². The molecule has 5 nitrogen and oxygen atoms in total. The van der Waals surface area contributed by atoms with E-state index < -0.39 is 6.09 Å². The van der Waals surface area contributed by atoms with Crippen molar-refractivity contribution >= 4 is 12.0 Å². The van der Waals surface area contributed by atoms with Crippen molar-refractivity contribution in [3.05, 3.63) is 23.8 Å². The first kappa shape index (κ1) is 12.7. The third-order valence-electron chi connectivity index (χ3n) is 3.25. The summed E-state index contributed by atoms with van der Waals surface area (Å²) in [6.07, 6.45) is 8.25. The Morgan fingerprint density at radius 3 is 2.56 bits per heavy atom. The Hall–Kier alpha value is -1.78. The molecule has 0 unspecified atom stereocenters. The van der Waals surface area contributed by atoms with Gasteiger partial charge in [0.1, 0.15) is 6.10 Å². The summed E-state index contributed by atoms with van der Waals surface area (Å²) >= 11 is 0. The number of carbonyl (C=O) groups excluding carboxylic acids is 2. The number of ether oxygens (including phenoxy) is 1. The second kappa shape index (κ2) is 5.71. The lowest BCUT2D eigenvalue weighted by Gasteiger charge is -2.31. The van der Waals surface area contributed by atoms with E-state index in [4.69, 9.17) is 10.5 Å². The molecule has 18 heavy (non-hydrogen) atoms. The zero-order valence-corrected chi connectivity index (χ0v) is 10.3. The van der Waals surface area contributed by atoms with Crippen LogP contribution >= 0.6 is 0 Å². The van der Waals surface area contributed by atoms with Crippen LogP contribution in [-0.2, 0) is 9.53 Å². The van der Waals surface area contributed by atoms with Crippen molar-refractivity contribution in [1.82, 2.24) is 4.90 Å². The fraction of sp³-hybridized carbons (Fsp3) is 0.538. The van der Waals surface area contributed by atoms with Gasteiger partial charge in [-0.15, -0.1) is 0 Å². The molecule has 0 bridgehead atoms. The van der Waals surface area contributed by atoms with Gasteiger partial charge >= 0.3 is 6.09 Å². The number of amides is 2. The SMILES string of the molecule is NC(=O)OC1CCN(C(=O)C2=CCCC=C2)CC1. The average molecular weight is 250 g/mol. The number of likely N-dealkylation sites (tertiary alicyclic amines) is 1. The summed E-state index contributed by atoms with van der Waals surface area (Å²) in [6, 6.07) is 0. The van der Waals surface area contributed by atoms with Gasteiger partial charge < -0.3 is 15.4 Å². The summed E-state index contributed by atoms with van der Waals surface area (Å²) in [6.45, 7) is 1.23. The van der Waals surface area contributed by atoms with E-state index in [1.807, 2.05) is 23.1 Å². The van der Waals surface area contributed by atoms with E-state index >= 15 is 0 Å². The van der Waals surface area contributed by atoms with Gasteiger partial charge in [-0.2, -0.15) is 0 Å². The summed E-state index contributed by atoms with van der Waals surface area (Å²) < 4.78 is 4.94. The Morgan fingerprint density at radius 2 is 2.00 bits per heavy atom.